The predicted octanol–water partition coefficient (Wildman–Crippen LogP) is 3.97. The summed E-state index contributed by atoms with van der Waals surface area (Å²) in [6.45, 7) is 17.4. The Kier molecular flexibility index (Phi) is 6.21. The fourth-order valence-electron chi connectivity index (χ4n) is 2.22. The number of aromatic nitrogens is 1. The third kappa shape index (κ3) is 6.04. The highest BCUT2D eigenvalue weighted by molar-refractivity contribution is 5.43. The predicted molar refractivity (Wildman–Crippen MR) is 93.0 cm³/mol. The van der Waals surface area contributed by atoms with Gasteiger partial charge in [-0.3, -0.25) is 0 Å². The van der Waals surface area contributed by atoms with Gasteiger partial charge in [-0.15, -0.1) is 0 Å². The van der Waals surface area contributed by atoms with Gasteiger partial charge in [-0.2, -0.15) is 0 Å². The van der Waals surface area contributed by atoms with Crippen LogP contribution in [-0.2, 0) is 12.0 Å². The molecule has 1 N–H and O–H groups in total. The Balaban J connectivity index is 3.08. The Hall–Kier alpha value is -1.09. The first kappa shape index (κ1) is 18.0. The van der Waals surface area contributed by atoms with Crippen LogP contribution < -0.4 is 10.2 Å². The average molecular weight is 291 g/mol. The third-order valence-corrected chi connectivity index (χ3v) is 3.38. The van der Waals surface area contributed by atoms with Crippen LogP contribution in [0, 0.1) is 5.92 Å². The van der Waals surface area contributed by atoms with Crippen molar-refractivity contribution in [3.05, 3.63) is 23.4 Å². The number of pyridine rings is 1. The molecule has 1 aromatic heterocycles. The van der Waals surface area contributed by atoms with Gasteiger partial charge in [-0.25, -0.2) is 4.98 Å². The van der Waals surface area contributed by atoms with E-state index in [0.717, 1.165) is 24.6 Å². The maximum absolute atomic E-state index is 4.88. The molecule has 1 heterocycles. The second-order valence-corrected chi connectivity index (χ2v) is 7.78. The molecule has 0 aliphatic rings. The fourth-order valence-corrected chi connectivity index (χ4v) is 2.22. The van der Waals surface area contributed by atoms with E-state index in [2.05, 4.69) is 77.9 Å². The molecule has 0 spiro atoms. The molecule has 0 bridgehead atoms. The number of anilines is 1. The molecular formula is C18H33N3. The van der Waals surface area contributed by atoms with Crippen molar-refractivity contribution >= 4 is 5.82 Å². The van der Waals surface area contributed by atoms with E-state index >= 15 is 0 Å². The van der Waals surface area contributed by atoms with Gasteiger partial charge in [-0.05, 0) is 23.6 Å². The minimum absolute atomic E-state index is 0.0707. The van der Waals surface area contributed by atoms with E-state index in [1.54, 1.807) is 0 Å². The van der Waals surface area contributed by atoms with Crippen LogP contribution in [0.1, 0.15) is 59.7 Å². The lowest BCUT2D eigenvalue weighted by Gasteiger charge is -2.25. The first-order chi connectivity index (χ1) is 9.59. The van der Waals surface area contributed by atoms with Gasteiger partial charge in [0, 0.05) is 37.3 Å². The van der Waals surface area contributed by atoms with E-state index in [0.29, 0.717) is 12.0 Å². The topological polar surface area (TPSA) is 28.2 Å². The smallest absolute Gasteiger partial charge is 0.128 e. The number of hydrogen-bond acceptors (Lipinski definition) is 3. The lowest BCUT2D eigenvalue weighted by atomic mass is 9.90. The van der Waals surface area contributed by atoms with Crippen LogP contribution in [0.15, 0.2) is 12.1 Å². The van der Waals surface area contributed by atoms with E-state index in [1.165, 1.54) is 5.56 Å². The Bertz CT molecular complexity index is 444. The molecule has 0 aromatic carbocycles. The summed E-state index contributed by atoms with van der Waals surface area (Å²) in [5.74, 6) is 1.71. The van der Waals surface area contributed by atoms with Gasteiger partial charge < -0.3 is 10.2 Å². The molecule has 0 aliphatic carbocycles. The maximum atomic E-state index is 4.88. The van der Waals surface area contributed by atoms with Crippen molar-refractivity contribution in [3.8, 4) is 0 Å². The molecule has 1 rings (SSSR count). The normalized spacial score (nSPS) is 12.3. The highest BCUT2D eigenvalue weighted by atomic mass is 15.2. The summed E-state index contributed by atoms with van der Waals surface area (Å²) >= 11 is 0. The Labute approximate surface area is 131 Å². The highest BCUT2D eigenvalue weighted by Crippen LogP contribution is 2.25. The lowest BCUT2D eigenvalue weighted by molar-refractivity contribution is 0.558. The SMILES string of the molecule is CC(C)CN(C)c1cc(CNC(C)C)cc(C(C)(C)C)n1. The summed E-state index contributed by atoms with van der Waals surface area (Å²) in [6.07, 6.45) is 0. The quantitative estimate of drug-likeness (QED) is 0.859. The minimum Gasteiger partial charge on any atom is -0.359 e. The van der Waals surface area contributed by atoms with Crippen LogP contribution in [-0.4, -0.2) is 24.6 Å². The van der Waals surface area contributed by atoms with Gasteiger partial charge in [-0.1, -0.05) is 48.5 Å². The van der Waals surface area contributed by atoms with Crippen LogP contribution in [0.25, 0.3) is 0 Å². The summed E-state index contributed by atoms with van der Waals surface area (Å²) < 4.78 is 0. The molecule has 0 atom stereocenters. The average Bonchev–Trinajstić information content (AvgIpc) is 2.34. The van der Waals surface area contributed by atoms with Gasteiger partial charge in [0.25, 0.3) is 0 Å². The monoisotopic (exact) mass is 291 g/mol. The van der Waals surface area contributed by atoms with E-state index < -0.39 is 0 Å². The molecule has 0 saturated heterocycles. The molecule has 0 fully saturated rings. The van der Waals surface area contributed by atoms with E-state index in [1.807, 2.05) is 0 Å². The zero-order valence-corrected chi connectivity index (χ0v) is 15.1. The molecule has 3 nitrogen and oxygen atoms in total. The number of nitrogens with zero attached hydrogens (tertiary/aromatic N) is 2. The molecule has 21 heavy (non-hydrogen) atoms. The number of nitrogens with one attached hydrogen (secondary N) is 1. The number of hydrogen-bond donors (Lipinski definition) is 1. The van der Waals surface area contributed by atoms with Crippen LogP contribution in [0.5, 0.6) is 0 Å². The summed E-state index contributed by atoms with van der Waals surface area (Å²) in [7, 11) is 2.13. The van der Waals surface area contributed by atoms with Crippen LogP contribution in [0.3, 0.4) is 0 Å². The first-order valence-electron chi connectivity index (χ1n) is 8.05. The molecule has 1 aromatic rings. The Morgan fingerprint density at radius 1 is 1.14 bits per heavy atom. The fraction of sp³-hybridized carbons (Fsp3) is 0.722. The Morgan fingerprint density at radius 3 is 2.24 bits per heavy atom. The molecule has 120 valence electrons. The van der Waals surface area contributed by atoms with Gasteiger partial charge in [0.15, 0.2) is 0 Å². The largest absolute Gasteiger partial charge is 0.359 e. The van der Waals surface area contributed by atoms with Gasteiger partial charge >= 0.3 is 0 Å². The van der Waals surface area contributed by atoms with Crippen molar-refractivity contribution in [2.45, 2.75) is 66.5 Å². The van der Waals surface area contributed by atoms with Crippen molar-refractivity contribution < 1.29 is 0 Å². The second-order valence-electron chi connectivity index (χ2n) is 7.78. The van der Waals surface area contributed by atoms with Gasteiger partial charge in [0.05, 0.1) is 0 Å². The molecule has 0 radical (unpaired) electrons. The van der Waals surface area contributed by atoms with Crippen LogP contribution in [0.4, 0.5) is 5.82 Å². The third-order valence-electron chi connectivity index (χ3n) is 3.38. The summed E-state index contributed by atoms with van der Waals surface area (Å²) in [5, 5.41) is 3.50. The molecule has 3 heteroatoms. The van der Waals surface area contributed by atoms with Crippen molar-refractivity contribution in [2.24, 2.45) is 5.92 Å². The minimum atomic E-state index is 0.0707. The molecular weight excluding hydrogens is 258 g/mol. The summed E-state index contributed by atoms with van der Waals surface area (Å²) in [5.41, 5.74) is 2.55. The van der Waals surface area contributed by atoms with Crippen molar-refractivity contribution in [2.75, 3.05) is 18.5 Å². The van der Waals surface area contributed by atoms with Crippen molar-refractivity contribution in [1.82, 2.24) is 10.3 Å². The first-order valence-corrected chi connectivity index (χ1v) is 8.05. The summed E-state index contributed by atoms with van der Waals surface area (Å²) in [6, 6.07) is 4.95. The zero-order valence-electron chi connectivity index (χ0n) is 15.1. The van der Waals surface area contributed by atoms with Gasteiger partial charge in [0.2, 0.25) is 0 Å². The van der Waals surface area contributed by atoms with E-state index in [9.17, 15) is 0 Å². The van der Waals surface area contributed by atoms with Crippen LogP contribution in [0.2, 0.25) is 0 Å². The van der Waals surface area contributed by atoms with E-state index in [-0.39, 0.29) is 5.41 Å². The van der Waals surface area contributed by atoms with E-state index in [4.69, 9.17) is 4.98 Å². The van der Waals surface area contributed by atoms with Crippen LogP contribution >= 0.6 is 0 Å². The second kappa shape index (κ2) is 7.26. The van der Waals surface area contributed by atoms with Crippen molar-refractivity contribution in [1.29, 1.82) is 0 Å². The lowest BCUT2D eigenvalue weighted by Crippen LogP contribution is -2.26. The maximum Gasteiger partial charge on any atom is 0.128 e. The zero-order chi connectivity index (χ0) is 16.2. The summed E-state index contributed by atoms with van der Waals surface area (Å²) in [4.78, 5) is 7.15. The molecule has 0 saturated carbocycles. The standard InChI is InChI=1S/C18H33N3/c1-13(2)12-21(8)17-10-15(11-19-14(3)4)9-16(20-17)18(5,6)7/h9-10,13-14,19H,11-12H2,1-8H3. The molecule has 0 aliphatic heterocycles. The number of rotatable bonds is 6. The Morgan fingerprint density at radius 2 is 1.76 bits per heavy atom. The molecule has 0 amide bonds. The molecule has 0 unspecified atom stereocenters. The van der Waals surface area contributed by atoms with Crippen molar-refractivity contribution in [3.63, 3.8) is 0 Å². The van der Waals surface area contributed by atoms with Gasteiger partial charge in [0.1, 0.15) is 5.82 Å². The highest BCUT2D eigenvalue weighted by Gasteiger charge is 2.18.